The van der Waals surface area contributed by atoms with Crippen molar-refractivity contribution in [2.45, 2.75) is 0 Å². The van der Waals surface area contributed by atoms with Gasteiger partial charge in [-0.15, -0.1) is 16.2 Å². The lowest BCUT2D eigenvalue weighted by molar-refractivity contribution is 0.102. The highest BCUT2D eigenvalue weighted by Crippen LogP contribution is 2.32. The maximum atomic E-state index is 12.4. The van der Waals surface area contributed by atoms with Gasteiger partial charge in [0.15, 0.2) is 0 Å². The quantitative estimate of drug-likeness (QED) is 0.398. The molecule has 4 rings (SSSR count). The molecular weight excluding hydrogens is 385 g/mol. The Morgan fingerprint density at radius 1 is 1.10 bits per heavy atom. The Labute approximate surface area is 171 Å². The highest BCUT2D eigenvalue weighted by molar-refractivity contribution is 7.21. The molecule has 29 heavy (non-hydrogen) atoms. The fourth-order valence-corrected chi connectivity index (χ4v) is 3.82. The molecule has 2 radical (unpaired) electrons. The molecule has 140 valence electrons. The van der Waals surface area contributed by atoms with Gasteiger partial charge in [-0.3, -0.25) is 4.79 Å². The molecule has 0 spiro atoms. The first-order valence-electron chi connectivity index (χ1n) is 8.66. The van der Waals surface area contributed by atoms with Crippen molar-refractivity contribution in [2.24, 2.45) is 5.18 Å². The van der Waals surface area contributed by atoms with Crippen LogP contribution in [0.4, 0.5) is 11.4 Å². The average molecular weight is 399 g/mol. The Morgan fingerprint density at radius 3 is 2.62 bits per heavy atom. The number of rotatable bonds is 5. The van der Waals surface area contributed by atoms with Gasteiger partial charge in [-0.25, -0.2) is 4.98 Å². The Bertz CT molecular complexity index is 1220. The third kappa shape index (κ3) is 3.88. The molecular formula is C21H14BN3O3S. The number of methoxy groups -OCH3 is 1. The van der Waals surface area contributed by atoms with Gasteiger partial charge in [0.1, 0.15) is 24.3 Å². The van der Waals surface area contributed by atoms with Gasteiger partial charge in [-0.2, -0.15) is 0 Å². The number of ether oxygens (including phenoxy) is 1. The van der Waals surface area contributed by atoms with Crippen LogP contribution in [0, 0.1) is 4.91 Å². The SMILES string of the molecule is [B]c1ccc(C(=O)Nc2ccc(-c3nc4ccc(OC)cc4s3)cc2)cc1N=O. The Balaban J connectivity index is 1.53. The lowest BCUT2D eigenvalue weighted by Gasteiger charge is -2.07. The van der Waals surface area contributed by atoms with E-state index in [1.807, 2.05) is 30.3 Å². The van der Waals surface area contributed by atoms with Crippen molar-refractivity contribution in [2.75, 3.05) is 12.4 Å². The molecule has 1 aromatic heterocycles. The summed E-state index contributed by atoms with van der Waals surface area (Å²) in [5.41, 5.74) is 3.06. The molecule has 0 bridgehead atoms. The molecule has 1 N–H and O–H groups in total. The van der Waals surface area contributed by atoms with Crippen LogP contribution in [0.25, 0.3) is 20.8 Å². The van der Waals surface area contributed by atoms with E-state index in [1.54, 1.807) is 36.6 Å². The van der Waals surface area contributed by atoms with Gasteiger partial charge in [0, 0.05) is 16.8 Å². The van der Waals surface area contributed by atoms with Crippen LogP contribution in [0.1, 0.15) is 10.4 Å². The minimum Gasteiger partial charge on any atom is -0.497 e. The van der Waals surface area contributed by atoms with Gasteiger partial charge in [0.25, 0.3) is 5.91 Å². The molecule has 6 nitrogen and oxygen atoms in total. The van der Waals surface area contributed by atoms with Gasteiger partial charge >= 0.3 is 0 Å². The van der Waals surface area contributed by atoms with Crippen molar-refractivity contribution < 1.29 is 9.53 Å². The number of carbonyl (C=O) groups excluding carboxylic acids is 1. The first-order chi connectivity index (χ1) is 14.1. The smallest absolute Gasteiger partial charge is 0.255 e. The van der Waals surface area contributed by atoms with Crippen molar-refractivity contribution in [3.05, 3.63) is 71.1 Å². The number of hydrogen-bond acceptors (Lipinski definition) is 6. The predicted octanol–water partition coefficient (Wildman–Crippen LogP) is 4.42. The van der Waals surface area contributed by atoms with Gasteiger partial charge in [0.05, 0.1) is 17.3 Å². The number of nitroso groups, excluding NO2 is 1. The highest BCUT2D eigenvalue weighted by atomic mass is 32.1. The van der Waals surface area contributed by atoms with Crippen LogP contribution in [0.3, 0.4) is 0 Å². The number of hydrogen-bond donors (Lipinski definition) is 1. The van der Waals surface area contributed by atoms with E-state index in [9.17, 15) is 9.70 Å². The summed E-state index contributed by atoms with van der Waals surface area (Å²) in [5.74, 6) is 0.441. The molecule has 8 heteroatoms. The zero-order valence-corrected chi connectivity index (χ0v) is 16.2. The summed E-state index contributed by atoms with van der Waals surface area (Å²) in [7, 11) is 7.27. The summed E-state index contributed by atoms with van der Waals surface area (Å²) < 4.78 is 6.30. The summed E-state index contributed by atoms with van der Waals surface area (Å²) in [5, 5.41) is 6.50. The lowest BCUT2D eigenvalue weighted by Crippen LogP contribution is -2.13. The normalized spacial score (nSPS) is 10.7. The molecule has 1 heterocycles. The van der Waals surface area contributed by atoms with Crippen molar-refractivity contribution in [1.29, 1.82) is 0 Å². The number of nitrogens with zero attached hydrogens (tertiary/aromatic N) is 2. The van der Waals surface area contributed by atoms with Crippen molar-refractivity contribution in [1.82, 2.24) is 4.98 Å². The van der Waals surface area contributed by atoms with Gasteiger partial charge in [-0.05, 0) is 59.8 Å². The molecule has 1 amide bonds. The summed E-state index contributed by atoms with van der Waals surface area (Å²) >= 11 is 1.57. The number of benzene rings is 3. The standard InChI is InChI=1S/C21H14BN3O3S/c1-28-15-7-9-17-19(11-15)29-21(24-17)12-2-5-14(6-3-12)23-20(26)13-4-8-16(22)18(10-13)25-27/h2-11H,1H3,(H,23,26). The maximum Gasteiger partial charge on any atom is 0.255 e. The second-order valence-electron chi connectivity index (χ2n) is 6.25. The van der Waals surface area contributed by atoms with E-state index >= 15 is 0 Å². The number of amides is 1. The highest BCUT2D eigenvalue weighted by Gasteiger charge is 2.11. The van der Waals surface area contributed by atoms with Crippen molar-refractivity contribution in [3.63, 3.8) is 0 Å². The summed E-state index contributed by atoms with van der Waals surface area (Å²) in [4.78, 5) is 27.8. The number of fused-ring (bicyclic) bond motifs is 1. The summed E-state index contributed by atoms with van der Waals surface area (Å²) in [6, 6.07) is 17.6. The average Bonchev–Trinajstić information content (AvgIpc) is 3.17. The second-order valence-corrected chi connectivity index (χ2v) is 7.28. The predicted molar refractivity (Wildman–Crippen MR) is 117 cm³/mol. The van der Waals surface area contributed by atoms with Gasteiger partial charge in [-0.1, -0.05) is 11.5 Å². The van der Waals surface area contributed by atoms with E-state index in [0.717, 1.165) is 26.5 Å². The van der Waals surface area contributed by atoms with Crippen molar-refractivity contribution >= 4 is 52.1 Å². The van der Waals surface area contributed by atoms with E-state index in [-0.39, 0.29) is 17.1 Å². The summed E-state index contributed by atoms with van der Waals surface area (Å²) in [6.45, 7) is 0. The molecule has 0 aliphatic rings. The number of carbonyl (C=O) groups is 1. The molecule has 3 aromatic carbocycles. The van der Waals surface area contributed by atoms with Crippen LogP contribution < -0.4 is 15.5 Å². The topological polar surface area (TPSA) is 80.7 Å². The first-order valence-corrected chi connectivity index (χ1v) is 9.48. The number of nitrogens with one attached hydrogen (secondary N) is 1. The van der Waals surface area contributed by atoms with Gasteiger partial charge in [0.2, 0.25) is 0 Å². The maximum absolute atomic E-state index is 12.4. The van der Waals surface area contributed by atoms with Crippen LogP contribution in [0.5, 0.6) is 5.75 Å². The monoisotopic (exact) mass is 399 g/mol. The molecule has 0 saturated heterocycles. The fourth-order valence-electron chi connectivity index (χ4n) is 2.82. The molecule has 4 aromatic rings. The lowest BCUT2D eigenvalue weighted by atomic mass is 9.93. The largest absolute Gasteiger partial charge is 0.497 e. The Hall–Kier alpha value is -3.52. The molecule has 0 aliphatic heterocycles. The van der Waals surface area contributed by atoms with Crippen LogP contribution >= 0.6 is 11.3 Å². The Kier molecular flexibility index (Phi) is 5.10. The molecule has 0 atom stereocenters. The minimum absolute atomic E-state index is 0.0421. The van der Waals surface area contributed by atoms with E-state index in [4.69, 9.17) is 12.6 Å². The minimum atomic E-state index is -0.352. The van der Waals surface area contributed by atoms with E-state index in [2.05, 4.69) is 15.5 Å². The number of anilines is 1. The Morgan fingerprint density at radius 2 is 1.90 bits per heavy atom. The van der Waals surface area contributed by atoms with Crippen LogP contribution in [-0.2, 0) is 0 Å². The van der Waals surface area contributed by atoms with Crippen LogP contribution in [-0.4, -0.2) is 25.8 Å². The second kappa shape index (κ2) is 7.85. The van der Waals surface area contributed by atoms with E-state index in [1.165, 1.54) is 12.1 Å². The first kappa shape index (κ1) is 18.8. The summed E-state index contributed by atoms with van der Waals surface area (Å²) in [6.07, 6.45) is 0. The fraction of sp³-hybridized carbons (Fsp3) is 0.0476. The van der Waals surface area contributed by atoms with Crippen LogP contribution in [0.15, 0.2) is 65.8 Å². The molecule has 0 aliphatic carbocycles. The molecule has 0 fully saturated rings. The van der Waals surface area contributed by atoms with E-state index in [0.29, 0.717) is 11.3 Å². The number of thiazole rings is 1. The van der Waals surface area contributed by atoms with Crippen LogP contribution in [0.2, 0.25) is 0 Å². The number of aromatic nitrogens is 1. The zero-order valence-electron chi connectivity index (χ0n) is 15.4. The third-order valence-electron chi connectivity index (χ3n) is 4.38. The molecule has 0 saturated carbocycles. The van der Waals surface area contributed by atoms with Gasteiger partial charge < -0.3 is 10.1 Å². The van der Waals surface area contributed by atoms with E-state index < -0.39 is 0 Å². The van der Waals surface area contributed by atoms with Crippen molar-refractivity contribution in [3.8, 4) is 16.3 Å². The molecule has 0 unspecified atom stereocenters. The third-order valence-corrected chi connectivity index (χ3v) is 5.44. The zero-order chi connectivity index (χ0) is 20.4.